The van der Waals surface area contributed by atoms with Crippen LogP contribution >= 0.6 is 0 Å². The molecule has 0 amide bonds. The summed E-state index contributed by atoms with van der Waals surface area (Å²) >= 11 is 0. The molecule has 1 aromatic rings. The Morgan fingerprint density at radius 3 is 3.00 bits per heavy atom. The molecule has 0 fully saturated rings. The van der Waals surface area contributed by atoms with Gasteiger partial charge in [-0.15, -0.1) is 0 Å². The minimum atomic E-state index is -0.612. The molecular formula is C8H5FN2O2. The molecule has 0 N–H and O–H groups in total. The lowest BCUT2D eigenvalue weighted by molar-refractivity contribution is -0.384. The van der Waals surface area contributed by atoms with Gasteiger partial charge >= 0.3 is 0 Å². The minimum Gasteiger partial charge on any atom is -0.258 e. The van der Waals surface area contributed by atoms with Crippen LogP contribution in [0, 0.1) is 10.1 Å². The standard InChI is InChI=1S/C8H5FN2O2/c9-8-7-3-6(11(12)13)2-1-5(7)4-10-8/h1-3H,4H2. The molecule has 5 heteroatoms. The number of fused-ring (bicyclic) bond motifs is 1. The number of aliphatic imine (C=N–C) groups is 1. The monoisotopic (exact) mass is 180 g/mol. The van der Waals surface area contributed by atoms with Crippen molar-refractivity contribution in [3.63, 3.8) is 0 Å². The first-order valence-electron chi connectivity index (χ1n) is 3.66. The van der Waals surface area contributed by atoms with Crippen molar-refractivity contribution < 1.29 is 9.31 Å². The first kappa shape index (κ1) is 7.85. The van der Waals surface area contributed by atoms with Gasteiger partial charge in [-0.3, -0.25) is 15.1 Å². The minimum absolute atomic E-state index is 0.106. The Balaban J connectivity index is 2.53. The number of nitro groups is 1. The lowest BCUT2D eigenvalue weighted by Crippen LogP contribution is -1.94. The van der Waals surface area contributed by atoms with E-state index in [0.29, 0.717) is 5.56 Å². The number of hydrogen-bond acceptors (Lipinski definition) is 3. The second kappa shape index (κ2) is 2.62. The van der Waals surface area contributed by atoms with Gasteiger partial charge in [-0.1, -0.05) is 0 Å². The molecule has 0 bridgehead atoms. The molecule has 0 saturated carbocycles. The maximum Gasteiger partial charge on any atom is 0.270 e. The van der Waals surface area contributed by atoms with Gasteiger partial charge in [0.1, 0.15) is 0 Å². The molecule has 0 radical (unpaired) electrons. The Labute approximate surface area is 72.9 Å². The number of non-ortho nitro benzene ring substituents is 1. The van der Waals surface area contributed by atoms with Crippen molar-refractivity contribution in [2.75, 3.05) is 0 Å². The van der Waals surface area contributed by atoms with Crippen molar-refractivity contribution in [1.82, 2.24) is 0 Å². The van der Waals surface area contributed by atoms with E-state index in [1.807, 2.05) is 0 Å². The lowest BCUT2D eigenvalue weighted by atomic mass is 10.1. The van der Waals surface area contributed by atoms with Crippen LogP contribution in [0.15, 0.2) is 23.2 Å². The fourth-order valence-electron chi connectivity index (χ4n) is 1.25. The van der Waals surface area contributed by atoms with E-state index in [2.05, 4.69) is 4.99 Å². The summed E-state index contributed by atoms with van der Waals surface area (Å²) in [5.74, 6) is -0.612. The van der Waals surface area contributed by atoms with Crippen molar-refractivity contribution in [1.29, 1.82) is 0 Å². The summed E-state index contributed by atoms with van der Waals surface area (Å²) in [5, 5.41) is 10.4. The molecule has 0 unspecified atom stereocenters. The molecule has 0 atom stereocenters. The third-order valence-electron chi connectivity index (χ3n) is 1.91. The molecule has 4 nitrogen and oxygen atoms in total. The molecule has 0 aromatic heterocycles. The zero-order chi connectivity index (χ0) is 9.42. The van der Waals surface area contributed by atoms with E-state index in [-0.39, 0.29) is 17.8 Å². The maximum absolute atomic E-state index is 12.9. The van der Waals surface area contributed by atoms with E-state index < -0.39 is 10.9 Å². The molecule has 0 spiro atoms. The fraction of sp³-hybridized carbons (Fsp3) is 0.125. The topological polar surface area (TPSA) is 55.5 Å². The van der Waals surface area contributed by atoms with E-state index in [9.17, 15) is 14.5 Å². The number of nitro benzene ring substituents is 1. The second-order valence-corrected chi connectivity index (χ2v) is 2.71. The van der Waals surface area contributed by atoms with E-state index >= 15 is 0 Å². The molecule has 1 aliphatic rings. The van der Waals surface area contributed by atoms with Crippen LogP contribution in [0.5, 0.6) is 0 Å². The molecule has 1 heterocycles. The van der Waals surface area contributed by atoms with Crippen LogP contribution in [-0.4, -0.2) is 10.9 Å². The van der Waals surface area contributed by atoms with Crippen LogP contribution in [0.3, 0.4) is 0 Å². The van der Waals surface area contributed by atoms with Gasteiger partial charge < -0.3 is 0 Å². The van der Waals surface area contributed by atoms with Crippen LogP contribution in [-0.2, 0) is 6.54 Å². The third kappa shape index (κ3) is 1.18. The van der Waals surface area contributed by atoms with Crippen LogP contribution in [0.2, 0.25) is 0 Å². The van der Waals surface area contributed by atoms with Crippen LogP contribution in [0.4, 0.5) is 10.1 Å². The molecule has 13 heavy (non-hydrogen) atoms. The summed E-state index contributed by atoms with van der Waals surface area (Å²) < 4.78 is 12.9. The number of nitrogens with zero attached hydrogens (tertiary/aromatic N) is 2. The van der Waals surface area contributed by atoms with Crippen molar-refractivity contribution in [3.05, 3.63) is 39.4 Å². The summed E-state index contributed by atoms with van der Waals surface area (Å²) in [4.78, 5) is 13.3. The largest absolute Gasteiger partial charge is 0.270 e. The molecule has 66 valence electrons. The van der Waals surface area contributed by atoms with Crippen molar-refractivity contribution >= 4 is 11.7 Å². The van der Waals surface area contributed by atoms with Gasteiger partial charge in [0.2, 0.25) is 5.97 Å². The van der Waals surface area contributed by atoms with Gasteiger partial charge in [-0.25, -0.2) is 0 Å². The van der Waals surface area contributed by atoms with Crippen LogP contribution in [0.25, 0.3) is 0 Å². The van der Waals surface area contributed by atoms with E-state index in [0.717, 1.165) is 0 Å². The maximum atomic E-state index is 12.9. The highest BCUT2D eigenvalue weighted by molar-refractivity contribution is 5.97. The van der Waals surface area contributed by atoms with E-state index in [4.69, 9.17) is 0 Å². The summed E-state index contributed by atoms with van der Waals surface area (Å²) in [5.41, 5.74) is 0.836. The molecule has 1 aliphatic heterocycles. The quantitative estimate of drug-likeness (QED) is 0.489. The highest BCUT2D eigenvalue weighted by Gasteiger charge is 2.18. The average Bonchev–Trinajstić information content (AvgIpc) is 2.47. The Kier molecular flexibility index (Phi) is 1.58. The highest BCUT2D eigenvalue weighted by atomic mass is 19.1. The molecule has 0 aliphatic carbocycles. The summed E-state index contributed by atoms with van der Waals surface area (Å²) in [7, 11) is 0. The first-order valence-corrected chi connectivity index (χ1v) is 3.66. The lowest BCUT2D eigenvalue weighted by Gasteiger charge is -1.96. The average molecular weight is 180 g/mol. The Hall–Kier alpha value is -1.78. The molecule has 2 rings (SSSR count). The van der Waals surface area contributed by atoms with Gasteiger partial charge in [0.15, 0.2) is 0 Å². The number of rotatable bonds is 1. The number of halogens is 1. The van der Waals surface area contributed by atoms with Gasteiger partial charge in [0.05, 0.1) is 11.5 Å². The number of benzene rings is 1. The van der Waals surface area contributed by atoms with Crippen LogP contribution < -0.4 is 0 Å². The molecule has 1 aromatic carbocycles. The Bertz CT molecular complexity index is 415. The predicted octanol–water partition coefficient (Wildman–Crippen LogP) is 1.82. The van der Waals surface area contributed by atoms with Crippen molar-refractivity contribution in [2.45, 2.75) is 6.54 Å². The first-order chi connectivity index (χ1) is 6.18. The molecular weight excluding hydrogens is 175 g/mol. The SMILES string of the molecule is O=[N+]([O-])c1ccc2c(c1)C(F)=NC2. The normalized spacial score (nSPS) is 13.8. The van der Waals surface area contributed by atoms with Gasteiger partial charge in [0, 0.05) is 17.7 Å². The van der Waals surface area contributed by atoms with Crippen LogP contribution in [0.1, 0.15) is 11.1 Å². The highest BCUT2D eigenvalue weighted by Crippen LogP contribution is 2.24. The van der Waals surface area contributed by atoms with E-state index in [1.165, 1.54) is 18.2 Å². The zero-order valence-corrected chi connectivity index (χ0v) is 6.53. The smallest absolute Gasteiger partial charge is 0.258 e. The zero-order valence-electron chi connectivity index (χ0n) is 6.53. The van der Waals surface area contributed by atoms with Gasteiger partial charge in [-0.05, 0) is 11.6 Å². The fourth-order valence-corrected chi connectivity index (χ4v) is 1.25. The summed E-state index contributed by atoms with van der Waals surface area (Å²) in [6.07, 6.45) is 0. The number of hydrogen-bond donors (Lipinski definition) is 0. The predicted molar refractivity (Wildman–Crippen MR) is 44.4 cm³/mol. The van der Waals surface area contributed by atoms with Gasteiger partial charge in [0.25, 0.3) is 5.69 Å². The Morgan fingerprint density at radius 1 is 1.54 bits per heavy atom. The molecule has 0 saturated heterocycles. The Morgan fingerprint density at radius 2 is 2.31 bits per heavy atom. The third-order valence-corrected chi connectivity index (χ3v) is 1.91. The second-order valence-electron chi connectivity index (χ2n) is 2.71. The van der Waals surface area contributed by atoms with Crippen molar-refractivity contribution in [2.24, 2.45) is 4.99 Å². The van der Waals surface area contributed by atoms with Gasteiger partial charge in [-0.2, -0.15) is 4.39 Å². The summed E-state index contributed by atoms with van der Waals surface area (Å²) in [6.45, 7) is 0.277. The van der Waals surface area contributed by atoms with Crippen molar-refractivity contribution in [3.8, 4) is 0 Å². The summed E-state index contributed by atoms with van der Waals surface area (Å²) in [6, 6.07) is 4.09. The van der Waals surface area contributed by atoms with E-state index in [1.54, 1.807) is 0 Å².